The molecule has 0 aliphatic rings. The van der Waals surface area contributed by atoms with Crippen LogP contribution in [0.1, 0.15) is 10.4 Å². The van der Waals surface area contributed by atoms with Crippen molar-refractivity contribution in [2.24, 2.45) is 11.6 Å². The van der Waals surface area contributed by atoms with Crippen molar-refractivity contribution in [2.45, 2.75) is 0 Å². The zero-order chi connectivity index (χ0) is 11.7. The molecule has 0 bridgehead atoms. The summed E-state index contributed by atoms with van der Waals surface area (Å²) in [5, 5.41) is 8.37. The van der Waals surface area contributed by atoms with Gasteiger partial charge in [-0.1, -0.05) is 0 Å². The molecule has 0 radical (unpaired) electrons. The minimum atomic E-state index is 0.619. The van der Waals surface area contributed by atoms with Gasteiger partial charge in [0.1, 0.15) is 6.29 Å². The summed E-state index contributed by atoms with van der Waals surface area (Å²) in [7, 11) is 1.00. The number of nitrogens with zero attached hydrogens (tertiary/aromatic N) is 1. The van der Waals surface area contributed by atoms with Crippen molar-refractivity contribution in [1.29, 1.82) is 0 Å². The first-order chi connectivity index (χ1) is 7.27. The maximum absolute atomic E-state index is 10.3. The highest BCUT2D eigenvalue weighted by Crippen LogP contribution is 2.11. The summed E-state index contributed by atoms with van der Waals surface area (Å²) < 4.78 is 0. The minimum absolute atomic E-state index is 0.619. The molecular weight excluding hydrogens is 194 g/mol. The molecule has 1 aromatic rings. The van der Waals surface area contributed by atoms with E-state index in [-0.39, 0.29) is 0 Å². The van der Waals surface area contributed by atoms with E-state index in [0.717, 1.165) is 19.1 Å². The van der Waals surface area contributed by atoms with Crippen molar-refractivity contribution in [1.82, 2.24) is 0 Å². The zero-order valence-corrected chi connectivity index (χ0v) is 8.50. The van der Waals surface area contributed by atoms with E-state index in [2.05, 4.69) is 0 Å². The van der Waals surface area contributed by atoms with Gasteiger partial charge in [0.25, 0.3) is 0 Å². The van der Waals surface area contributed by atoms with Crippen LogP contribution < -0.4 is 16.6 Å². The number of hydrogen-bond acceptors (Lipinski definition) is 5. The van der Waals surface area contributed by atoms with Gasteiger partial charge in [0.2, 0.25) is 0 Å². The Morgan fingerprint density at radius 1 is 1.27 bits per heavy atom. The first-order valence-electron chi connectivity index (χ1n) is 4.20. The lowest BCUT2D eigenvalue weighted by Gasteiger charge is -2.12. The van der Waals surface area contributed by atoms with Crippen LogP contribution in [0.25, 0.3) is 0 Å². The molecule has 1 aromatic carbocycles. The van der Waals surface area contributed by atoms with Crippen LogP contribution in [-0.2, 0) is 0 Å². The number of hydrogen-bond donors (Lipinski definition) is 3. The van der Waals surface area contributed by atoms with Gasteiger partial charge in [-0.3, -0.25) is 9.80 Å². The second-order valence-corrected chi connectivity index (χ2v) is 2.46. The van der Waals surface area contributed by atoms with E-state index in [1.54, 1.807) is 24.3 Å². The molecule has 0 aliphatic heterocycles. The molecule has 15 heavy (non-hydrogen) atoms. The summed E-state index contributed by atoms with van der Waals surface area (Å²) in [5.74, 6) is 5.58. The number of aliphatic hydroxyl groups excluding tert-OH is 1. The number of carbonyl (C=O) groups is 1. The highest BCUT2D eigenvalue weighted by atomic mass is 16.2. The molecule has 0 spiro atoms. The molecule has 0 aliphatic carbocycles. The SMILES string of the molecule is CO.N/C=C\N(N)c1ccc(C=O)cc1. The number of anilines is 1. The molecule has 5 N–H and O–H groups in total. The number of hydrazine groups is 1. The predicted octanol–water partition coefficient (Wildman–Crippen LogP) is 0.218. The molecule has 5 heteroatoms. The number of benzene rings is 1. The van der Waals surface area contributed by atoms with Gasteiger partial charge in [0.05, 0.1) is 5.69 Å². The molecule has 0 amide bonds. The van der Waals surface area contributed by atoms with E-state index in [9.17, 15) is 4.79 Å². The largest absolute Gasteiger partial charge is 0.403 e. The molecule has 0 aromatic heterocycles. The summed E-state index contributed by atoms with van der Waals surface area (Å²) in [6.45, 7) is 0. The fraction of sp³-hybridized carbons (Fsp3) is 0.100. The maximum Gasteiger partial charge on any atom is 0.150 e. The Balaban J connectivity index is 0.000000921. The molecule has 0 saturated carbocycles. The highest BCUT2D eigenvalue weighted by molar-refractivity contribution is 5.75. The lowest BCUT2D eigenvalue weighted by molar-refractivity contribution is 0.112. The number of rotatable bonds is 3. The van der Waals surface area contributed by atoms with E-state index in [0.29, 0.717) is 5.56 Å². The Bertz CT molecular complexity index is 309. The normalized spacial score (nSPS) is 9.27. The maximum atomic E-state index is 10.3. The number of aliphatic hydroxyl groups is 1. The quantitative estimate of drug-likeness (QED) is 0.376. The molecule has 0 unspecified atom stereocenters. The van der Waals surface area contributed by atoms with Gasteiger partial charge in [-0.15, -0.1) is 0 Å². The third-order valence-corrected chi connectivity index (χ3v) is 1.57. The van der Waals surface area contributed by atoms with Gasteiger partial charge in [-0.2, -0.15) is 0 Å². The summed E-state index contributed by atoms with van der Waals surface area (Å²) in [6, 6.07) is 6.85. The molecule has 82 valence electrons. The second-order valence-electron chi connectivity index (χ2n) is 2.46. The second kappa shape index (κ2) is 7.54. The fourth-order valence-electron chi connectivity index (χ4n) is 0.904. The van der Waals surface area contributed by atoms with Gasteiger partial charge in [-0.05, 0) is 24.3 Å². The van der Waals surface area contributed by atoms with Gasteiger partial charge in [0.15, 0.2) is 0 Å². The molecule has 0 fully saturated rings. The van der Waals surface area contributed by atoms with Crippen LogP contribution in [-0.4, -0.2) is 18.5 Å². The highest BCUT2D eigenvalue weighted by Gasteiger charge is 1.96. The van der Waals surface area contributed by atoms with Crippen LogP contribution in [0.4, 0.5) is 5.69 Å². The van der Waals surface area contributed by atoms with Gasteiger partial charge < -0.3 is 10.8 Å². The van der Waals surface area contributed by atoms with Crippen LogP contribution in [0.3, 0.4) is 0 Å². The van der Waals surface area contributed by atoms with E-state index < -0.39 is 0 Å². The van der Waals surface area contributed by atoms with Crippen molar-refractivity contribution >= 4 is 12.0 Å². The number of carbonyl (C=O) groups excluding carboxylic acids is 1. The summed E-state index contributed by atoms with van der Waals surface area (Å²) >= 11 is 0. The number of nitrogens with two attached hydrogens (primary N) is 2. The van der Waals surface area contributed by atoms with Crippen molar-refractivity contribution in [2.75, 3.05) is 12.1 Å². The third kappa shape index (κ3) is 4.26. The van der Waals surface area contributed by atoms with Crippen LogP contribution >= 0.6 is 0 Å². The Hall–Kier alpha value is -1.85. The summed E-state index contributed by atoms with van der Waals surface area (Å²) in [5.41, 5.74) is 6.55. The van der Waals surface area contributed by atoms with Crippen molar-refractivity contribution in [3.63, 3.8) is 0 Å². The van der Waals surface area contributed by atoms with Gasteiger partial charge in [-0.25, -0.2) is 5.84 Å². The Morgan fingerprint density at radius 3 is 2.20 bits per heavy atom. The smallest absolute Gasteiger partial charge is 0.150 e. The van der Waals surface area contributed by atoms with Crippen LogP contribution in [0, 0.1) is 0 Å². The van der Waals surface area contributed by atoms with E-state index >= 15 is 0 Å². The standard InChI is InChI=1S/C9H11N3O.CH4O/c10-5-6-12(11)9-3-1-8(7-13)2-4-9;1-2/h1-7H,10-11H2;2H,1H3/b6-5-;. The van der Waals surface area contributed by atoms with Crippen LogP contribution in [0.5, 0.6) is 0 Å². The van der Waals surface area contributed by atoms with E-state index in [4.69, 9.17) is 16.7 Å². The molecule has 0 heterocycles. The van der Waals surface area contributed by atoms with Gasteiger partial charge in [0, 0.05) is 25.1 Å². The molecule has 1 rings (SSSR count). The van der Waals surface area contributed by atoms with E-state index in [1.807, 2.05) is 0 Å². The summed E-state index contributed by atoms with van der Waals surface area (Å²) in [4.78, 5) is 10.3. The first-order valence-corrected chi connectivity index (χ1v) is 4.20. The Labute approximate surface area is 88.6 Å². The number of aldehydes is 1. The Morgan fingerprint density at radius 2 is 1.80 bits per heavy atom. The zero-order valence-electron chi connectivity index (χ0n) is 8.50. The van der Waals surface area contributed by atoms with Crippen molar-refractivity contribution in [3.8, 4) is 0 Å². The van der Waals surface area contributed by atoms with Gasteiger partial charge >= 0.3 is 0 Å². The minimum Gasteiger partial charge on any atom is -0.403 e. The third-order valence-electron chi connectivity index (χ3n) is 1.57. The first kappa shape index (κ1) is 13.2. The topological polar surface area (TPSA) is 92.6 Å². The molecule has 0 atom stereocenters. The van der Waals surface area contributed by atoms with E-state index in [1.165, 1.54) is 17.4 Å². The van der Waals surface area contributed by atoms with Crippen molar-refractivity contribution < 1.29 is 9.90 Å². The molecule has 0 saturated heterocycles. The molecule has 5 nitrogen and oxygen atoms in total. The monoisotopic (exact) mass is 209 g/mol. The molecular formula is C10H15N3O2. The predicted molar refractivity (Wildman–Crippen MR) is 60.0 cm³/mol. The lowest BCUT2D eigenvalue weighted by Crippen LogP contribution is -2.24. The Kier molecular flexibility index (Phi) is 6.61. The summed E-state index contributed by atoms with van der Waals surface area (Å²) in [6.07, 6.45) is 3.65. The van der Waals surface area contributed by atoms with Crippen molar-refractivity contribution in [3.05, 3.63) is 42.2 Å². The lowest BCUT2D eigenvalue weighted by atomic mass is 10.2. The van der Waals surface area contributed by atoms with Crippen LogP contribution in [0.2, 0.25) is 0 Å². The fourth-order valence-corrected chi connectivity index (χ4v) is 0.904. The average molecular weight is 209 g/mol. The average Bonchev–Trinajstić information content (AvgIpc) is 2.32. The van der Waals surface area contributed by atoms with Crippen LogP contribution in [0.15, 0.2) is 36.7 Å².